The second-order valence-electron chi connectivity index (χ2n) is 3.62. The van der Waals surface area contributed by atoms with Gasteiger partial charge in [0, 0.05) is 0 Å². The monoisotopic (exact) mass is 162 g/mol. The average molecular weight is 162 g/mol. The van der Waals surface area contributed by atoms with Gasteiger partial charge in [-0.05, 0) is 37.3 Å². The van der Waals surface area contributed by atoms with Crippen LogP contribution >= 0.6 is 0 Å². The van der Waals surface area contributed by atoms with Crippen LogP contribution in [0.4, 0.5) is 0 Å². The molecule has 0 saturated heterocycles. The molecule has 0 amide bonds. The van der Waals surface area contributed by atoms with Crippen LogP contribution in [0.25, 0.3) is 0 Å². The fraction of sp³-hybridized carbons (Fsp3) is 0.455. The Morgan fingerprint density at radius 3 is 3.08 bits per heavy atom. The fourth-order valence-electron chi connectivity index (χ4n) is 1.83. The van der Waals surface area contributed by atoms with Gasteiger partial charge in [0.05, 0.1) is 6.10 Å². The molecule has 0 aromatic heterocycles. The first-order chi connectivity index (χ1) is 5.77. The van der Waals surface area contributed by atoms with Crippen LogP contribution < -0.4 is 0 Å². The van der Waals surface area contributed by atoms with Crippen LogP contribution in [0.15, 0.2) is 34.9 Å². The van der Waals surface area contributed by atoms with Gasteiger partial charge in [-0.15, -0.1) is 0 Å². The van der Waals surface area contributed by atoms with Crippen molar-refractivity contribution in [2.24, 2.45) is 0 Å². The molecule has 64 valence electrons. The fourth-order valence-corrected chi connectivity index (χ4v) is 1.83. The Hall–Kier alpha value is -0.820. The average Bonchev–Trinajstić information content (AvgIpc) is 2.28. The summed E-state index contributed by atoms with van der Waals surface area (Å²) in [5, 5.41) is 9.60. The molecule has 1 nitrogen and oxygen atoms in total. The second-order valence-corrected chi connectivity index (χ2v) is 3.62. The van der Waals surface area contributed by atoms with Crippen molar-refractivity contribution in [3.63, 3.8) is 0 Å². The highest BCUT2D eigenvalue weighted by atomic mass is 16.3. The SMILES string of the molecule is CC1=CC=C2C(=CC1)CCC2O. The maximum absolute atomic E-state index is 9.60. The first-order valence-corrected chi connectivity index (χ1v) is 4.52. The summed E-state index contributed by atoms with van der Waals surface area (Å²) in [4.78, 5) is 0. The molecular formula is C11H14O. The first-order valence-electron chi connectivity index (χ1n) is 4.52. The lowest BCUT2D eigenvalue weighted by atomic mass is 10.1. The lowest BCUT2D eigenvalue weighted by Gasteiger charge is -2.01. The van der Waals surface area contributed by atoms with Crippen molar-refractivity contribution in [3.8, 4) is 0 Å². The van der Waals surface area contributed by atoms with Crippen molar-refractivity contribution in [2.45, 2.75) is 32.3 Å². The summed E-state index contributed by atoms with van der Waals surface area (Å²) in [7, 11) is 0. The first kappa shape index (κ1) is 7.81. The van der Waals surface area contributed by atoms with E-state index in [0.717, 1.165) is 24.8 Å². The van der Waals surface area contributed by atoms with Crippen molar-refractivity contribution < 1.29 is 5.11 Å². The third kappa shape index (κ3) is 1.25. The van der Waals surface area contributed by atoms with Crippen molar-refractivity contribution in [2.75, 3.05) is 0 Å². The molecule has 1 atom stereocenters. The van der Waals surface area contributed by atoms with E-state index in [1.54, 1.807) is 0 Å². The summed E-state index contributed by atoms with van der Waals surface area (Å²) in [6, 6.07) is 0. The lowest BCUT2D eigenvalue weighted by Crippen LogP contribution is -2.01. The smallest absolute Gasteiger partial charge is 0.0795 e. The van der Waals surface area contributed by atoms with Crippen LogP contribution in [0.3, 0.4) is 0 Å². The molecule has 12 heavy (non-hydrogen) atoms. The van der Waals surface area contributed by atoms with Crippen LogP contribution in [0.2, 0.25) is 0 Å². The zero-order chi connectivity index (χ0) is 8.55. The van der Waals surface area contributed by atoms with Gasteiger partial charge in [0.2, 0.25) is 0 Å². The van der Waals surface area contributed by atoms with Gasteiger partial charge >= 0.3 is 0 Å². The summed E-state index contributed by atoms with van der Waals surface area (Å²) in [6.45, 7) is 2.13. The van der Waals surface area contributed by atoms with Gasteiger partial charge in [-0.25, -0.2) is 0 Å². The Balaban J connectivity index is 2.36. The van der Waals surface area contributed by atoms with E-state index in [9.17, 15) is 5.11 Å². The topological polar surface area (TPSA) is 20.2 Å². The largest absolute Gasteiger partial charge is 0.388 e. The van der Waals surface area contributed by atoms with Crippen LogP contribution in [-0.2, 0) is 0 Å². The summed E-state index contributed by atoms with van der Waals surface area (Å²) in [5.41, 5.74) is 3.87. The molecule has 0 radical (unpaired) electrons. The van der Waals surface area contributed by atoms with Crippen LogP contribution in [-0.4, -0.2) is 11.2 Å². The van der Waals surface area contributed by atoms with E-state index in [0.29, 0.717) is 0 Å². The molecule has 0 spiro atoms. The molecule has 2 rings (SSSR count). The van der Waals surface area contributed by atoms with Crippen LogP contribution in [0, 0.1) is 0 Å². The summed E-state index contributed by atoms with van der Waals surface area (Å²) in [5.74, 6) is 0. The Bertz CT molecular complexity index is 281. The second kappa shape index (κ2) is 2.91. The molecule has 0 aliphatic heterocycles. The minimum atomic E-state index is -0.210. The van der Waals surface area contributed by atoms with Crippen molar-refractivity contribution >= 4 is 0 Å². The standard InChI is InChI=1S/C11H14O/c1-8-2-4-9-5-7-11(12)10(9)6-3-8/h3-4,6,11-12H,2,5,7H2,1H3. The van der Waals surface area contributed by atoms with Crippen LogP contribution in [0.1, 0.15) is 26.2 Å². The lowest BCUT2D eigenvalue weighted by molar-refractivity contribution is 0.218. The quantitative estimate of drug-likeness (QED) is 0.579. The molecule has 0 aromatic rings. The van der Waals surface area contributed by atoms with Crippen molar-refractivity contribution in [1.82, 2.24) is 0 Å². The van der Waals surface area contributed by atoms with Crippen LogP contribution in [0.5, 0.6) is 0 Å². The van der Waals surface area contributed by atoms with E-state index in [4.69, 9.17) is 0 Å². The predicted molar refractivity (Wildman–Crippen MR) is 49.8 cm³/mol. The van der Waals surface area contributed by atoms with Gasteiger partial charge in [-0.1, -0.05) is 23.8 Å². The zero-order valence-corrected chi connectivity index (χ0v) is 7.38. The minimum absolute atomic E-state index is 0.210. The maximum atomic E-state index is 9.60. The van der Waals surface area contributed by atoms with Gasteiger partial charge in [0.25, 0.3) is 0 Å². The highest BCUT2D eigenvalue weighted by molar-refractivity contribution is 5.43. The number of hydrogen-bond acceptors (Lipinski definition) is 1. The van der Waals surface area contributed by atoms with E-state index in [2.05, 4.69) is 25.2 Å². The molecule has 1 unspecified atom stereocenters. The van der Waals surface area contributed by atoms with Crippen molar-refractivity contribution in [3.05, 3.63) is 34.9 Å². The third-order valence-electron chi connectivity index (χ3n) is 2.63. The highest BCUT2D eigenvalue weighted by Crippen LogP contribution is 2.33. The molecule has 0 aromatic carbocycles. The number of allylic oxidation sites excluding steroid dienone is 4. The van der Waals surface area contributed by atoms with E-state index < -0.39 is 0 Å². The number of hydrogen-bond donors (Lipinski definition) is 1. The van der Waals surface area contributed by atoms with Gasteiger partial charge in [-0.2, -0.15) is 0 Å². The van der Waals surface area contributed by atoms with Gasteiger partial charge in [0.1, 0.15) is 0 Å². The van der Waals surface area contributed by atoms with Crippen molar-refractivity contribution in [1.29, 1.82) is 0 Å². The van der Waals surface area contributed by atoms with Gasteiger partial charge < -0.3 is 5.11 Å². The molecule has 0 heterocycles. The molecular weight excluding hydrogens is 148 g/mol. The molecule has 2 aliphatic carbocycles. The minimum Gasteiger partial charge on any atom is -0.388 e. The van der Waals surface area contributed by atoms with E-state index in [-0.39, 0.29) is 6.10 Å². The predicted octanol–water partition coefficient (Wildman–Crippen LogP) is 2.34. The summed E-state index contributed by atoms with van der Waals surface area (Å²) < 4.78 is 0. The van der Waals surface area contributed by atoms with E-state index in [1.165, 1.54) is 11.1 Å². The third-order valence-corrected chi connectivity index (χ3v) is 2.63. The molecule has 0 bridgehead atoms. The van der Waals surface area contributed by atoms with Gasteiger partial charge in [0.15, 0.2) is 0 Å². The number of aliphatic hydroxyl groups excluding tert-OH is 1. The van der Waals surface area contributed by atoms with Gasteiger partial charge in [-0.3, -0.25) is 0 Å². The molecule has 1 heteroatoms. The molecule has 2 aliphatic rings. The molecule has 1 saturated carbocycles. The Labute approximate surface area is 73.1 Å². The normalized spacial score (nSPS) is 28.5. The van der Waals surface area contributed by atoms with E-state index >= 15 is 0 Å². The highest BCUT2D eigenvalue weighted by Gasteiger charge is 2.22. The number of rotatable bonds is 0. The molecule has 1 fully saturated rings. The Morgan fingerprint density at radius 2 is 2.25 bits per heavy atom. The Morgan fingerprint density at radius 1 is 1.42 bits per heavy atom. The van der Waals surface area contributed by atoms with E-state index in [1.807, 2.05) is 0 Å². The Kier molecular flexibility index (Phi) is 1.89. The zero-order valence-electron chi connectivity index (χ0n) is 7.38. The number of fused-ring (bicyclic) bond motifs is 1. The maximum Gasteiger partial charge on any atom is 0.0795 e. The summed E-state index contributed by atoms with van der Waals surface area (Å²) >= 11 is 0. The molecule has 1 N–H and O–H groups in total. The number of aliphatic hydroxyl groups is 1. The summed E-state index contributed by atoms with van der Waals surface area (Å²) in [6.07, 6.45) is 9.24.